The quantitative estimate of drug-likeness (QED) is 0.758. The molecule has 2 aromatic rings. The van der Waals surface area contributed by atoms with E-state index in [-0.39, 0.29) is 0 Å². The van der Waals surface area contributed by atoms with Gasteiger partial charge >= 0.3 is 5.97 Å². The van der Waals surface area contributed by atoms with Crippen LogP contribution in [0.4, 0.5) is 0 Å². The molecule has 0 bridgehead atoms. The van der Waals surface area contributed by atoms with Crippen molar-refractivity contribution < 1.29 is 14.2 Å². The Bertz CT molecular complexity index is 548. The van der Waals surface area contributed by atoms with Crippen molar-refractivity contribution in [2.24, 2.45) is 0 Å². The monoisotopic (exact) mass is 274 g/mol. The summed E-state index contributed by atoms with van der Waals surface area (Å²) in [6.07, 6.45) is 3.41. The van der Waals surface area contributed by atoms with Crippen molar-refractivity contribution in [2.75, 3.05) is 13.7 Å². The maximum absolute atomic E-state index is 5.83. The maximum Gasteiger partial charge on any atom is 0.323 e. The van der Waals surface area contributed by atoms with E-state index < -0.39 is 5.97 Å². The third-order valence-corrected chi connectivity index (χ3v) is 2.75. The van der Waals surface area contributed by atoms with Crippen molar-refractivity contribution in [1.29, 1.82) is 0 Å². The molecule has 0 aliphatic rings. The van der Waals surface area contributed by atoms with Gasteiger partial charge in [0.2, 0.25) is 0 Å². The highest BCUT2D eigenvalue weighted by molar-refractivity contribution is 5.61. The highest BCUT2D eigenvalue weighted by Crippen LogP contribution is 2.29. The molecule has 2 aromatic heterocycles. The molecule has 2 rings (SSSR count). The van der Waals surface area contributed by atoms with E-state index in [2.05, 4.69) is 9.97 Å². The Balaban J connectivity index is 2.34. The first-order chi connectivity index (χ1) is 9.68. The lowest BCUT2D eigenvalue weighted by atomic mass is 10.2. The number of pyridine rings is 2. The van der Waals surface area contributed by atoms with Crippen LogP contribution in [0.3, 0.4) is 0 Å². The molecular formula is C15H18N2O3. The molecule has 0 radical (unpaired) electrons. The molecule has 0 saturated carbocycles. The van der Waals surface area contributed by atoms with Crippen molar-refractivity contribution in [2.45, 2.75) is 19.8 Å². The van der Waals surface area contributed by atoms with Gasteiger partial charge in [0.05, 0.1) is 12.3 Å². The average Bonchev–Trinajstić information content (AvgIpc) is 2.49. The first-order valence-electron chi connectivity index (χ1n) is 6.43. The number of hydrogen-bond donors (Lipinski definition) is 0. The number of ether oxygens (including phenoxy) is 3. The molecule has 0 saturated heterocycles. The van der Waals surface area contributed by atoms with Gasteiger partial charge in [-0.3, -0.25) is 9.97 Å². The van der Waals surface area contributed by atoms with Gasteiger partial charge in [-0.15, -0.1) is 0 Å². The minimum atomic E-state index is -1.15. The van der Waals surface area contributed by atoms with Crippen molar-refractivity contribution in [3.8, 4) is 17.1 Å². The first-order valence-corrected chi connectivity index (χ1v) is 6.43. The molecule has 5 heteroatoms. The smallest absolute Gasteiger partial charge is 0.323 e. The van der Waals surface area contributed by atoms with Crippen LogP contribution in [0, 0.1) is 0 Å². The topological polar surface area (TPSA) is 53.5 Å². The van der Waals surface area contributed by atoms with Crippen molar-refractivity contribution in [1.82, 2.24) is 9.97 Å². The molecule has 1 atom stereocenters. The molecule has 0 N–H and O–H groups in total. The van der Waals surface area contributed by atoms with Gasteiger partial charge in [0.15, 0.2) is 5.75 Å². The van der Waals surface area contributed by atoms with Gasteiger partial charge in [-0.2, -0.15) is 0 Å². The summed E-state index contributed by atoms with van der Waals surface area (Å²) in [5, 5.41) is 0. The SMILES string of the molecule is CCOC(C)(OC)Oc1cccnc1-c1ccccn1. The summed E-state index contributed by atoms with van der Waals surface area (Å²) in [6, 6.07) is 9.24. The average molecular weight is 274 g/mol. The molecular weight excluding hydrogens is 256 g/mol. The van der Waals surface area contributed by atoms with Gasteiger partial charge in [-0.05, 0) is 31.2 Å². The Morgan fingerprint density at radius 3 is 2.55 bits per heavy atom. The standard InChI is InChI=1S/C15H18N2O3/c1-4-19-15(2,18-3)20-13-9-7-11-17-14(13)12-8-5-6-10-16-12/h5-11H,4H2,1-3H3. The Morgan fingerprint density at radius 2 is 1.90 bits per heavy atom. The second-order valence-electron chi connectivity index (χ2n) is 4.17. The second kappa shape index (κ2) is 6.45. The lowest BCUT2D eigenvalue weighted by Crippen LogP contribution is -2.38. The van der Waals surface area contributed by atoms with Gasteiger partial charge < -0.3 is 14.2 Å². The normalized spacial score (nSPS) is 13.8. The van der Waals surface area contributed by atoms with Gasteiger partial charge in [0, 0.05) is 26.4 Å². The van der Waals surface area contributed by atoms with Gasteiger partial charge in [0.1, 0.15) is 5.69 Å². The van der Waals surface area contributed by atoms with E-state index in [0.29, 0.717) is 18.1 Å². The molecule has 0 aliphatic heterocycles. The summed E-state index contributed by atoms with van der Waals surface area (Å²) < 4.78 is 16.6. The van der Waals surface area contributed by atoms with Crippen LogP contribution in [-0.4, -0.2) is 29.7 Å². The third-order valence-electron chi connectivity index (χ3n) is 2.75. The van der Waals surface area contributed by atoms with Crippen molar-refractivity contribution in [3.05, 3.63) is 42.7 Å². The van der Waals surface area contributed by atoms with Crippen LogP contribution in [-0.2, 0) is 9.47 Å². The molecule has 20 heavy (non-hydrogen) atoms. The van der Waals surface area contributed by atoms with Crippen LogP contribution in [0.2, 0.25) is 0 Å². The Kier molecular flexibility index (Phi) is 4.65. The lowest BCUT2D eigenvalue weighted by molar-refractivity contribution is -0.319. The molecule has 1 unspecified atom stereocenters. The fraction of sp³-hybridized carbons (Fsp3) is 0.333. The fourth-order valence-electron chi connectivity index (χ4n) is 1.76. The van der Waals surface area contributed by atoms with Gasteiger partial charge in [-0.25, -0.2) is 0 Å². The van der Waals surface area contributed by atoms with Crippen molar-refractivity contribution in [3.63, 3.8) is 0 Å². The summed E-state index contributed by atoms with van der Waals surface area (Å²) in [4.78, 5) is 8.62. The minimum absolute atomic E-state index is 0.476. The highest BCUT2D eigenvalue weighted by Gasteiger charge is 2.28. The Hall–Kier alpha value is -1.98. The lowest BCUT2D eigenvalue weighted by Gasteiger charge is -2.28. The number of nitrogens with zero attached hydrogens (tertiary/aromatic N) is 2. The summed E-state index contributed by atoms with van der Waals surface area (Å²) in [7, 11) is 1.53. The van der Waals surface area contributed by atoms with Crippen LogP contribution in [0.25, 0.3) is 11.4 Å². The van der Waals surface area contributed by atoms with E-state index in [1.165, 1.54) is 7.11 Å². The molecule has 2 heterocycles. The maximum atomic E-state index is 5.83. The summed E-state index contributed by atoms with van der Waals surface area (Å²) >= 11 is 0. The van der Waals surface area contributed by atoms with E-state index in [0.717, 1.165) is 5.69 Å². The zero-order valence-electron chi connectivity index (χ0n) is 11.9. The molecule has 5 nitrogen and oxygen atoms in total. The Labute approximate surface area is 118 Å². The van der Waals surface area contributed by atoms with E-state index in [9.17, 15) is 0 Å². The van der Waals surface area contributed by atoms with Crippen LogP contribution in [0.15, 0.2) is 42.7 Å². The highest BCUT2D eigenvalue weighted by atomic mass is 16.9. The number of aromatic nitrogens is 2. The van der Waals surface area contributed by atoms with E-state index in [4.69, 9.17) is 14.2 Å². The largest absolute Gasteiger partial charge is 0.437 e. The van der Waals surface area contributed by atoms with Crippen LogP contribution in [0.5, 0.6) is 5.75 Å². The Morgan fingerprint density at radius 1 is 1.10 bits per heavy atom. The van der Waals surface area contributed by atoms with Gasteiger partial charge in [0.25, 0.3) is 0 Å². The summed E-state index contributed by atoms with van der Waals surface area (Å²) in [5.41, 5.74) is 1.38. The zero-order valence-corrected chi connectivity index (χ0v) is 11.9. The van der Waals surface area contributed by atoms with Gasteiger partial charge in [-0.1, -0.05) is 6.07 Å². The molecule has 0 fully saturated rings. The van der Waals surface area contributed by atoms with E-state index in [1.54, 1.807) is 25.4 Å². The fourth-order valence-corrected chi connectivity index (χ4v) is 1.76. The molecule has 106 valence electrons. The van der Waals surface area contributed by atoms with Crippen LogP contribution < -0.4 is 4.74 Å². The minimum Gasteiger partial charge on any atom is -0.437 e. The molecule has 0 aliphatic carbocycles. The van der Waals surface area contributed by atoms with Crippen LogP contribution in [0.1, 0.15) is 13.8 Å². The van der Waals surface area contributed by atoms with E-state index in [1.807, 2.05) is 31.2 Å². The predicted octanol–water partition coefficient (Wildman–Crippen LogP) is 2.88. The predicted molar refractivity (Wildman–Crippen MR) is 75.1 cm³/mol. The molecule has 0 amide bonds. The second-order valence-corrected chi connectivity index (χ2v) is 4.17. The molecule has 0 spiro atoms. The number of hydrogen-bond acceptors (Lipinski definition) is 5. The number of rotatable bonds is 6. The van der Waals surface area contributed by atoms with Crippen LogP contribution >= 0.6 is 0 Å². The zero-order chi connectivity index (χ0) is 14.4. The summed E-state index contributed by atoms with van der Waals surface area (Å²) in [6.45, 7) is 4.07. The molecule has 0 aromatic carbocycles. The number of methoxy groups -OCH3 is 1. The first kappa shape index (κ1) is 14.4. The summed E-state index contributed by atoms with van der Waals surface area (Å²) in [5.74, 6) is -0.592. The van der Waals surface area contributed by atoms with Crippen molar-refractivity contribution >= 4 is 0 Å². The van der Waals surface area contributed by atoms with E-state index >= 15 is 0 Å². The third kappa shape index (κ3) is 3.31.